The number of hydrogen-bond acceptors (Lipinski definition) is 4. The molecule has 0 bridgehead atoms. The van der Waals surface area contributed by atoms with Gasteiger partial charge in [0.2, 0.25) is 0 Å². The summed E-state index contributed by atoms with van der Waals surface area (Å²) in [6.45, 7) is 3.89. The normalized spacial score (nSPS) is 16.2. The largest absolute Gasteiger partial charge is 0.353 e. The lowest BCUT2D eigenvalue weighted by molar-refractivity contribution is 0.358. The average Bonchev–Trinajstić information content (AvgIpc) is 2.72. The number of fused-ring (bicyclic) bond motifs is 2. The number of benzene rings is 2. The van der Waals surface area contributed by atoms with Gasteiger partial charge in [-0.2, -0.15) is 0 Å². The Kier molecular flexibility index (Phi) is 4.76. The second kappa shape index (κ2) is 6.79. The molecule has 6 heteroatoms. The molecule has 0 saturated carbocycles. The number of nitrogens with zero attached hydrogens (tertiary/aromatic N) is 2. The zero-order valence-corrected chi connectivity index (χ0v) is 14.1. The number of para-hydroxylation sites is 1. The summed E-state index contributed by atoms with van der Waals surface area (Å²) < 4.78 is 0. The maximum Gasteiger partial charge on any atom is 0.138 e. The topological polar surface area (TPSA) is 39.7 Å². The number of piperazine rings is 1. The van der Waals surface area contributed by atoms with Gasteiger partial charge in [-0.25, -0.2) is 4.99 Å². The molecule has 2 aliphatic rings. The third-order valence-electron chi connectivity index (χ3n) is 4.04. The number of halogens is 2. The lowest BCUT2D eigenvalue weighted by atomic mass is 10.1. The minimum absolute atomic E-state index is 0. The third kappa shape index (κ3) is 3.15. The first-order valence-corrected chi connectivity index (χ1v) is 7.89. The van der Waals surface area contributed by atoms with Crippen LogP contribution in [0.1, 0.15) is 5.56 Å². The molecule has 2 N–H and O–H groups in total. The highest BCUT2D eigenvalue weighted by molar-refractivity contribution is 6.31. The molecule has 120 valence electrons. The Balaban J connectivity index is 0.00000156. The van der Waals surface area contributed by atoms with Crippen LogP contribution >= 0.6 is 24.0 Å². The second-order valence-electron chi connectivity index (χ2n) is 5.50. The third-order valence-corrected chi connectivity index (χ3v) is 4.28. The van der Waals surface area contributed by atoms with E-state index in [1.54, 1.807) is 0 Å². The van der Waals surface area contributed by atoms with Gasteiger partial charge < -0.3 is 15.5 Å². The van der Waals surface area contributed by atoms with E-state index in [9.17, 15) is 0 Å². The van der Waals surface area contributed by atoms with Crippen molar-refractivity contribution in [1.29, 1.82) is 0 Å². The number of anilines is 2. The van der Waals surface area contributed by atoms with Crippen LogP contribution in [0.3, 0.4) is 0 Å². The predicted molar refractivity (Wildman–Crippen MR) is 99.1 cm³/mol. The first-order valence-electron chi connectivity index (χ1n) is 7.51. The molecule has 1 fully saturated rings. The van der Waals surface area contributed by atoms with Gasteiger partial charge in [-0.3, -0.25) is 0 Å². The van der Waals surface area contributed by atoms with Crippen molar-refractivity contribution in [2.45, 2.75) is 0 Å². The summed E-state index contributed by atoms with van der Waals surface area (Å²) in [5.74, 6) is 1.02. The van der Waals surface area contributed by atoms with Crippen LogP contribution in [0, 0.1) is 0 Å². The fourth-order valence-electron chi connectivity index (χ4n) is 2.93. The van der Waals surface area contributed by atoms with Crippen molar-refractivity contribution < 1.29 is 0 Å². The summed E-state index contributed by atoms with van der Waals surface area (Å²) >= 11 is 6.15. The van der Waals surface area contributed by atoms with Crippen molar-refractivity contribution in [1.82, 2.24) is 10.2 Å². The fraction of sp³-hybridized carbons (Fsp3) is 0.235. The Morgan fingerprint density at radius 2 is 1.78 bits per heavy atom. The van der Waals surface area contributed by atoms with Crippen LogP contribution < -0.4 is 10.6 Å². The molecule has 0 aliphatic carbocycles. The number of hydrogen-bond donors (Lipinski definition) is 2. The first kappa shape index (κ1) is 16.1. The highest BCUT2D eigenvalue weighted by Gasteiger charge is 2.22. The molecular formula is C17H18Cl2N4. The number of nitrogens with one attached hydrogen (secondary N) is 2. The monoisotopic (exact) mass is 348 g/mol. The molecule has 23 heavy (non-hydrogen) atoms. The number of amidine groups is 1. The fourth-order valence-corrected chi connectivity index (χ4v) is 3.09. The molecule has 0 unspecified atom stereocenters. The maximum atomic E-state index is 6.15. The minimum atomic E-state index is 0. The van der Waals surface area contributed by atoms with Crippen LogP contribution in [0.15, 0.2) is 47.5 Å². The highest BCUT2D eigenvalue weighted by atomic mass is 35.5. The maximum absolute atomic E-state index is 6.15. The van der Waals surface area contributed by atoms with E-state index in [2.05, 4.69) is 33.7 Å². The molecule has 2 heterocycles. The van der Waals surface area contributed by atoms with E-state index in [0.29, 0.717) is 5.02 Å². The average molecular weight is 349 g/mol. The van der Waals surface area contributed by atoms with Crippen LogP contribution in [0.2, 0.25) is 5.02 Å². The second-order valence-corrected chi connectivity index (χ2v) is 5.94. The Labute approximate surface area is 147 Å². The van der Waals surface area contributed by atoms with Gasteiger partial charge in [-0.15, -0.1) is 12.4 Å². The quantitative estimate of drug-likeness (QED) is 0.760. The molecule has 2 aromatic carbocycles. The molecule has 4 nitrogen and oxygen atoms in total. The molecule has 4 rings (SSSR count). The van der Waals surface area contributed by atoms with Crippen molar-refractivity contribution in [3.05, 3.63) is 53.1 Å². The summed E-state index contributed by atoms with van der Waals surface area (Å²) in [6.07, 6.45) is 0. The minimum Gasteiger partial charge on any atom is -0.353 e. The smallest absolute Gasteiger partial charge is 0.138 e. The van der Waals surface area contributed by atoms with Crippen molar-refractivity contribution >= 4 is 46.9 Å². The van der Waals surface area contributed by atoms with Gasteiger partial charge in [0.1, 0.15) is 5.84 Å². The summed E-state index contributed by atoms with van der Waals surface area (Å²) in [5.41, 5.74) is 4.09. The first-order chi connectivity index (χ1) is 10.8. The van der Waals surface area contributed by atoms with Gasteiger partial charge in [0.25, 0.3) is 0 Å². The van der Waals surface area contributed by atoms with Crippen LogP contribution in [0.5, 0.6) is 0 Å². The molecule has 0 atom stereocenters. The molecule has 0 radical (unpaired) electrons. The Morgan fingerprint density at radius 3 is 2.61 bits per heavy atom. The van der Waals surface area contributed by atoms with Gasteiger partial charge in [-0.05, 0) is 30.3 Å². The zero-order valence-electron chi connectivity index (χ0n) is 12.6. The van der Waals surface area contributed by atoms with E-state index < -0.39 is 0 Å². The van der Waals surface area contributed by atoms with Crippen LogP contribution in [-0.4, -0.2) is 36.9 Å². The molecule has 0 aromatic heterocycles. The number of rotatable bonds is 0. The van der Waals surface area contributed by atoms with Crippen molar-refractivity contribution in [2.24, 2.45) is 4.99 Å². The van der Waals surface area contributed by atoms with Gasteiger partial charge in [-0.1, -0.05) is 23.7 Å². The lowest BCUT2D eigenvalue weighted by Crippen LogP contribution is -2.46. The number of aliphatic imine (C=N–C) groups is 1. The summed E-state index contributed by atoms with van der Waals surface area (Å²) in [6, 6.07) is 14.1. The molecular weight excluding hydrogens is 331 g/mol. The summed E-state index contributed by atoms with van der Waals surface area (Å²) in [4.78, 5) is 7.27. The van der Waals surface area contributed by atoms with E-state index in [1.165, 1.54) is 0 Å². The van der Waals surface area contributed by atoms with E-state index in [-0.39, 0.29) is 12.4 Å². The zero-order chi connectivity index (χ0) is 14.9. The van der Waals surface area contributed by atoms with Gasteiger partial charge >= 0.3 is 0 Å². The van der Waals surface area contributed by atoms with Crippen LogP contribution in [0.4, 0.5) is 17.1 Å². The Hall–Kier alpha value is -1.75. The van der Waals surface area contributed by atoms with Crippen molar-refractivity contribution in [3.8, 4) is 0 Å². The van der Waals surface area contributed by atoms with Crippen molar-refractivity contribution in [3.63, 3.8) is 0 Å². The standard InChI is InChI=1S/C17H17ClN4.ClH/c18-12-5-6-15-16(11-12)21-17(22-9-7-19-8-10-22)13-3-1-2-4-14(13)20-15;/h1-6,11,19-20H,7-10H2;1H. The van der Waals surface area contributed by atoms with Crippen molar-refractivity contribution in [2.75, 3.05) is 31.5 Å². The highest BCUT2D eigenvalue weighted by Crippen LogP contribution is 2.36. The van der Waals surface area contributed by atoms with E-state index in [1.807, 2.05) is 24.3 Å². The van der Waals surface area contributed by atoms with Crippen LogP contribution in [-0.2, 0) is 0 Å². The lowest BCUT2D eigenvalue weighted by Gasteiger charge is -2.30. The summed E-state index contributed by atoms with van der Waals surface area (Å²) in [7, 11) is 0. The molecule has 2 aliphatic heterocycles. The summed E-state index contributed by atoms with van der Waals surface area (Å²) in [5, 5.41) is 7.58. The van der Waals surface area contributed by atoms with Gasteiger partial charge in [0.15, 0.2) is 0 Å². The van der Waals surface area contributed by atoms with Gasteiger partial charge in [0.05, 0.1) is 11.4 Å². The Morgan fingerprint density at radius 1 is 1.00 bits per heavy atom. The molecule has 2 aromatic rings. The molecule has 0 spiro atoms. The predicted octanol–water partition coefficient (Wildman–Crippen LogP) is 3.80. The molecule has 0 amide bonds. The van der Waals surface area contributed by atoms with Gasteiger partial charge in [0, 0.05) is 42.5 Å². The van der Waals surface area contributed by atoms with E-state index in [4.69, 9.17) is 16.6 Å². The SMILES string of the molecule is Cl.Clc1ccc2c(c1)N=C(N1CCNCC1)c1ccccc1N2. The van der Waals surface area contributed by atoms with E-state index in [0.717, 1.165) is 54.6 Å². The van der Waals surface area contributed by atoms with Crippen LogP contribution in [0.25, 0.3) is 0 Å². The Bertz CT molecular complexity index is 739. The van der Waals surface area contributed by atoms with E-state index >= 15 is 0 Å². The molecule has 1 saturated heterocycles.